The van der Waals surface area contributed by atoms with Gasteiger partial charge in [0.2, 0.25) is 5.88 Å². The van der Waals surface area contributed by atoms with E-state index in [1.54, 1.807) is 10.9 Å². The average Bonchev–Trinajstić information content (AvgIpc) is 3.16. The second-order valence-corrected chi connectivity index (χ2v) is 5.17. The van der Waals surface area contributed by atoms with E-state index in [1.807, 2.05) is 24.3 Å². The maximum atomic E-state index is 12.3. The predicted molar refractivity (Wildman–Crippen MR) is 79.6 cm³/mol. The van der Waals surface area contributed by atoms with Crippen molar-refractivity contribution < 1.29 is 9.53 Å². The molecule has 0 unspecified atom stereocenters. The Hall–Kier alpha value is -2.83. The number of amides is 1. The monoisotopic (exact) mass is 297 g/mol. The Labute approximate surface area is 126 Å². The molecule has 7 heteroatoms. The quantitative estimate of drug-likeness (QED) is 0.766. The fraction of sp³-hybridized carbons (Fsp3) is 0.267. The molecule has 0 aliphatic carbocycles. The predicted octanol–water partition coefficient (Wildman–Crippen LogP) is 1.47. The first kappa shape index (κ1) is 12.9. The van der Waals surface area contributed by atoms with Gasteiger partial charge in [-0.25, -0.2) is 9.67 Å². The summed E-state index contributed by atoms with van der Waals surface area (Å²) in [6.45, 7) is 1.74. The number of ether oxygens (including phenoxy) is 1. The largest absolute Gasteiger partial charge is 0.477 e. The van der Waals surface area contributed by atoms with Crippen molar-refractivity contribution in [3.05, 3.63) is 41.9 Å². The van der Waals surface area contributed by atoms with Gasteiger partial charge in [0.1, 0.15) is 11.4 Å². The highest BCUT2D eigenvalue weighted by atomic mass is 16.5. The number of benzene rings is 1. The number of aryl methyl sites for hydroxylation is 1. The zero-order valence-electron chi connectivity index (χ0n) is 11.9. The number of hydrogen-bond donors (Lipinski definition) is 2. The average molecular weight is 297 g/mol. The lowest BCUT2D eigenvalue weighted by Gasteiger charge is -2.15. The van der Waals surface area contributed by atoms with Crippen LogP contribution in [-0.2, 0) is 13.1 Å². The van der Waals surface area contributed by atoms with E-state index in [1.165, 1.54) is 0 Å². The Balaban J connectivity index is 1.49. The summed E-state index contributed by atoms with van der Waals surface area (Å²) >= 11 is 0. The van der Waals surface area contributed by atoms with Crippen molar-refractivity contribution in [3.63, 3.8) is 0 Å². The minimum Gasteiger partial charge on any atom is -0.477 e. The van der Waals surface area contributed by atoms with Crippen LogP contribution < -0.4 is 10.1 Å². The van der Waals surface area contributed by atoms with Gasteiger partial charge in [-0.05, 0) is 12.1 Å². The van der Waals surface area contributed by atoms with E-state index in [-0.39, 0.29) is 5.91 Å². The normalized spacial score (nSPS) is 13.6. The fourth-order valence-electron chi connectivity index (χ4n) is 2.57. The zero-order chi connectivity index (χ0) is 14.9. The molecule has 1 aliphatic heterocycles. The highest BCUT2D eigenvalue weighted by molar-refractivity contribution is 5.96. The van der Waals surface area contributed by atoms with E-state index < -0.39 is 0 Å². The van der Waals surface area contributed by atoms with Gasteiger partial charge in [0.15, 0.2) is 0 Å². The smallest absolute Gasteiger partial charge is 0.258 e. The molecule has 1 aromatic carbocycles. The standard InChI is InChI=1S/C15H15N5O2/c21-14(10-8-17-20-6-3-7-22-15(10)20)16-9-13-18-11-4-1-2-5-12(11)19-13/h1-2,4-5,8H,3,6-7,9H2,(H,16,21)(H,18,19). The third kappa shape index (κ3) is 2.20. The number of nitrogens with one attached hydrogen (secondary N) is 2. The molecule has 0 fully saturated rings. The van der Waals surface area contributed by atoms with Crippen LogP contribution in [0.15, 0.2) is 30.5 Å². The lowest BCUT2D eigenvalue weighted by atomic mass is 10.3. The molecule has 1 aliphatic rings. The third-order valence-corrected chi connectivity index (χ3v) is 3.64. The summed E-state index contributed by atoms with van der Waals surface area (Å²) in [6, 6.07) is 7.76. The molecule has 0 saturated heterocycles. The maximum Gasteiger partial charge on any atom is 0.258 e. The molecule has 2 N–H and O–H groups in total. The van der Waals surface area contributed by atoms with Gasteiger partial charge >= 0.3 is 0 Å². The first-order valence-corrected chi connectivity index (χ1v) is 7.22. The second kappa shape index (κ2) is 5.18. The molecule has 0 atom stereocenters. The molecule has 3 aromatic rings. The SMILES string of the molecule is O=C(NCc1nc2ccccc2[nH]1)c1cnn2c1OCCC2. The van der Waals surface area contributed by atoms with Crippen molar-refractivity contribution in [1.29, 1.82) is 0 Å². The number of aromatic nitrogens is 4. The van der Waals surface area contributed by atoms with Crippen LogP contribution in [0.25, 0.3) is 11.0 Å². The molecule has 2 aromatic heterocycles. The molecule has 0 saturated carbocycles. The number of nitrogens with zero attached hydrogens (tertiary/aromatic N) is 3. The van der Waals surface area contributed by atoms with Crippen LogP contribution >= 0.6 is 0 Å². The van der Waals surface area contributed by atoms with Crippen LogP contribution in [0, 0.1) is 0 Å². The first-order valence-electron chi connectivity index (χ1n) is 7.22. The number of aromatic amines is 1. The van der Waals surface area contributed by atoms with Crippen molar-refractivity contribution in [2.45, 2.75) is 19.5 Å². The van der Waals surface area contributed by atoms with Gasteiger partial charge in [-0.15, -0.1) is 0 Å². The van der Waals surface area contributed by atoms with Crippen molar-refractivity contribution in [2.24, 2.45) is 0 Å². The molecule has 0 spiro atoms. The molecule has 112 valence electrons. The number of carbonyl (C=O) groups is 1. The van der Waals surface area contributed by atoms with Gasteiger partial charge in [-0.1, -0.05) is 12.1 Å². The Kier molecular flexibility index (Phi) is 3.03. The maximum absolute atomic E-state index is 12.3. The first-order chi connectivity index (χ1) is 10.8. The number of rotatable bonds is 3. The molecule has 7 nitrogen and oxygen atoms in total. The van der Waals surface area contributed by atoms with Crippen LogP contribution in [0.3, 0.4) is 0 Å². The summed E-state index contributed by atoms with van der Waals surface area (Å²) in [4.78, 5) is 19.9. The Bertz CT molecular complexity index is 802. The van der Waals surface area contributed by atoms with Crippen LogP contribution in [0.2, 0.25) is 0 Å². The Morgan fingerprint density at radius 1 is 1.41 bits per heavy atom. The number of hydrogen-bond acceptors (Lipinski definition) is 4. The van der Waals surface area contributed by atoms with Crippen LogP contribution in [-0.4, -0.2) is 32.3 Å². The van der Waals surface area contributed by atoms with Crippen LogP contribution in [0.4, 0.5) is 0 Å². The van der Waals surface area contributed by atoms with Gasteiger partial charge in [0.05, 0.1) is 30.4 Å². The topological polar surface area (TPSA) is 84.8 Å². The molecular weight excluding hydrogens is 282 g/mol. The lowest BCUT2D eigenvalue weighted by molar-refractivity contribution is 0.0943. The number of imidazole rings is 1. The van der Waals surface area contributed by atoms with Crippen molar-refractivity contribution in [2.75, 3.05) is 6.61 Å². The fourth-order valence-corrected chi connectivity index (χ4v) is 2.57. The lowest BCUT2D eigenvalue weighted by Crippen LogP contribution is -2.24. The highest BCUT2D eigenvalue weighted by Crippen LogP contribution is 2.22. The van der Waals surface area contributed by atoms with Gasteiger partial charge in [-0.3, -0.25) is 4.79 Å². The van der Waals surface area contributed by atoms with Gasteiger partial charge in [0.25, 0.3) is 5.91 Å². The molecule has 4 rings (SSSR count). The molecule has 0 bridgehead atoms. The van der Waals surface area contributed by atoms with E-state index >= 15 is 0 Å². The summed E-state index contributed by atoms with van der Waals surface area (Å²) in [6.07, 6.45) is 2.46. The van der Waals surface area contributed by atoms with Gasteiger partial charge < -0.3 is 15.0 Å². The third-order valence-electron chi connectivity index (χ3n) is 3.64. The van der Waals surface area contributed by atoms with Gasteiger partial charge in [-0.2, -0.15) is 5.10 Å². The molecule has 1 amide bonds. The zero-order valence-corrected chi connectivity index (χ0v) is 11.9. The number of para-hydroxylation sites is 2. The van der Waals surface area contributed by atoms with E-state index in [0.29, 0.717) is 24.6 Å². The van der Waals surface area contributed by atoms with Crippen LogP contribution in [0.5, 0.6) is 5.88 Å². The van der Waals surface area contributed by atoms with E-state index in [9.17, 15) is 4.79 Å². The molecule has 3 heterocycles. The van der Waals surface area contributed by atoms with E-state index in [0.717, 1.165) is 29.8 Å². The molecule has 0 radical (unpaired) electrons. The van der Waals surface area contributed by atoms with E-state index in [2.05, 4.69) is 20.4 Å². The number of fused-ring (bicyclic) bond motifs is 2. The summed E-state index contributed by atoms with van der Waals surface area (Å²) in [5.41, 5.74) is 2.31. The highest BCUT2D eigenvalue weighted by Gasteiger charge is 2.21. The van der Waals surface area contributed by atoms with E-state index in [4.69, 9.17) is 4.74 Å². The number of carbonyl (C=O) groups excluding carboxylic acids is 1. The van der Waals surface area contributed by atoms with Crippen LogP contribution in [0.1, 0.15) is 22.6 Å². The van der Waals surface area contributed by atoms with Crippen molar-refractivity contribution >= 4 is 16.9 Å². The number of H-pyrrole nitrogens is 1. The van der Waals surface area contributed by atoms with Crippen molar-refractivity contribution in [1.82, 2.24) is 25.1 Å². The summed E-state index contributed by atoms with van der Waals surface area (Å²) < 4.78 is 7.25. The summed E-state index contributed by atoms with van der Waals surface area (Å²) in [7, 11) is 0. The van der Waals surface area contributed by atoms with Gasteiger partial charge in [0, 0.05) is 13.0 Å². The summed E-state index contributed by atoms with van der Waals surface area (Å²) in [5, 5.41) is 7.02. The minimum absolute atomic E-state index is 0.205. The molecule has 22 heavy (non-hydrogen) atoms. The van der Waals surface area contributed by atoms with Crippen molar-refractivity contribution in [3.8, 4) is 5.88 Å². The Morgan fingerprint density at radius 2 is 2.32 bits per heavy atom. The Morgan fingerprint density at radius 3 is 3.23 bits per heavy atom. The molecular formula is C15H15N5O2. The second-order valence-electron chi connectivity index (χ2n) is 5.17. The minimum atomic E-state index is -0.205. The summed E-state index contributed by atoms with van der Waals surface area (Å²) in [5.74, 6) is 1.06.